The highest BCUT2D eigenvalue weighted by Crippen LogP contribution is 2.32. The smallest absolute Gasteiger partial charge is 0.226 e. The zero-order valence-corrected chi connectivity index (χ0v) is 11.3. The van der Waals surface area contributed by atoms with Gasteiger partial charge in [-0.05, 0) is 38.1 Å². The summed E-state index contributed by atoms with van der Waals surface area (Å²) in [7, 11) is 0. The van der Waals surface area contributed by atoms with Gasteiger partial charge in [-0.3, -0.25) is 0 Å². The Labute approximate surface area is 108 Å². The first-order valence-corrected chi connectivity index (χ1v) is 6.05. The van der Waals surface area contributed by atoms with Crippen molar-refractivity contribution >= 4 is 27.5 Å². The summed E-state index contributed by atoms with van der Waals surface area (Å²) in [6.45, 7) is 4.03. The molecule has 0 saturated carbocycles. The van der Waals surface area contributed by atoms with Crippen LogP contribution in [-0.2, 0) is 4.32 Å². The second-order valence-corrected chi connectivity index (χ2v) is 6.43. The highest BCUT2D eigenvalue weighted by molar-refractivity contribution is 9.09. The van der Waals surface area contributed by atoms with Crippen LogP contribution in [0.1, 0.15) is 19.6 Å². The van der Waals surface area contributed by atoms with Crippen LogP contribution in [0.25, 0.3) is 11.5 Å². The fraction of sp³-hybridized carbons (Fsp3) is 0.250. The van der Waals surface area contributed by atoms with Gasteiger partial charge in [0.2, 0.25) is 5.89 Å². The van der Waals surface area contributed by atoms with Crippen molar-refractivity contribution in [1.29, 1.82) is 0 Å². The number of hydrogen-bond acceptors (Lipinski definition) is 2. The summed E-state index contributed by atoms with van der Waals surface area (Å²) in [4.78, 5) is 4.24. The zero-order valence-electron chi connectivity index (χ0n) is 9.00. The van der Waals surface area contributed by atoms with Crippen LogP contribution >= 0.6 is 27.5 Å². The molecule has 0 fully saturated rings. The van der Waals surface area contributed by atoms with Gasteiger partial charge in [-0.25, -0.2) is 4.98 Å². The van der Waals surface area contributed by atoms with Crippen LogP contribution < -0.4 is 0 Å². The predicted molar refractivity (Wildman–Crippen MR) is 68.9 cm³/mol. The molecule has 84 valence electrons. The molecule has 0 N–H and O–H groups in total. The molecule has 0 bridgehead atoms. The summed E-state index contributed by atoms with van der Waals surface area (Å²) >= 11 is 9.35. The van der Waals surface area contributed by atoms with Crippen molar-refractivity contribution in [3.05, 3.63) is 41.2 Å². The van der Waals surface area contributed by atoms with E-state index in [1.54, 1.807) is 6.20 Å². The Kier molecular flexibility index (Phi) is 3.08. The van der Waals surface area contributed by atoms with Crippen LogP contribution in [0.3, 0.4) is 0 Å². The molecule has 1 heterocycles. The molecule has 0 atom stereocenters. The van der Waals surface area contributed by atoms with E-state index in [-0.39, 0.29) is 4.32 Å². The number of oxazole rings is 1. The molecule has 0 amide bonds. The Bertz CT molecular complexity index is 484. The van der Waals surface area contributed by atoms with E-state index >= 15 is 0 Å². The number of benzene rings is 1. The van der Waals surface area contributed by atoms with Crippen molar-refractivity contribution in [2.75, 3.05) is 0 Å². The van der Waals surface area contributed by atoms with Crippen molar-refractivity contribution in [3.8, 4) is 11.5 Å². The van der Waals surface area contributed by atoms with Crippen molar-refractivity contribution in [1.82, 2.24) is 4.98 Å². The van der Waals surface area contributed by atoms with Crippen LogP contribution in [0.4, 0.5) is 0 Å². The maximum absolute atomic E-state index is 5.82. The fourth-order valence-electron chi connectivity index (χ4n) is 1.27. The van der Waals surface area contributed by atoms with Crippen molar-refractivity contribution < 1.29 is 4.42 Å². The van der Waals surface area contributed by atoms with E-state index in [9.17, 15) is 0 Å². The zero-order chi connectivity index (χ0) is 11.8. The van der Waals surface area contributed by atoms with Crippen molar-refractivity contribution in [2.24, 2.45) is 0 Å². The van der Waals surface area contributed by atoms with Gasteiger partial charge in [0.05, 0.1) is 10.5 Å². The van der Waals surface area contributed by atoms with Gasteiger partial charge in [0.25, 0.3) is 0 Å². The third kappa shape index (κ3) is 2.47. The SMILES string of the molecule is CC(C)(Br)c1cnc(-c2ccc(Cl)cc2)o1. The topological polar surface area (TPSA) is 26.0 Å². The number of alkyl halides is 1. The molecule has 0 saturated heterocycles. The van der Waals surface area contributed by atoms with Crippen LogP contribution in [0.2, 0.25) is 5.02 Å². The number of hydrogen-bond donors (Lipinski definition) is 0. The van der Waals surface area contributed by atoms with E-state index in [1.165, 1.54) is 0 Å². The highest BCUT2D eigenvalue weighted by Gasteiger charge is 2.21. The lowest BCUT2D eigenvalue weighted by molar-refractivity contribution is 0.481. The average Bonchev–Trinajstić information content (AvgIpc) is 2.67. The summed E-state index contributed by atoms with van der Waals surface area (Å²) < 4.78 is 5.47. The number of halogens is 2. The Hall–Kier alpha value is -0.800. The van der Waals surface area contributed by atoms with Crippen molar-refractivity contribution in [3.63, 3.8) is 0 Å². The molecule has 0 aliphatic heterocycles. The maximum atomic E-state index is 5.82. The Balaban J connectivity index is 2.35. The van der Waals surface area contributed by atoms with Gasteiger partial charge >= 0.3 is 0 Å². The summed E-state index contributed by atoms with van der Waals surface area (Å²) in [6, 6.07) is 7.42. The second-order valence-electron chi connectivity index (χ2n) is 4.01. The largest absolute Gasteiger partial charge is 0.440 e. The van der Waals surface area contributed by atoms with E-state index in [0.29, 0.717) is 10.9 Å². The molecule has 1 aromatic carbocycles. The number of aromatic nitrogens is 1. The van der Waals surface area contributed by atoms with Gasteiger partial charge in [-0.1, -0.05) is 27.5 Å². The van der Waals surface area contributed by atoms with E-state index in [0.717, 1.165) is 11.3 Å². The normalized spacial score (nSPS) is 11.8. The van der Waals surface area contributed by atoms with E-state index < -0.39 is 0 Å². The summed E-state index contributed by atoms with van der Waals surface area (Å²) in [5.74, 6) is 1.41. The van der Waals surface area contributed by atoms with Gasteiger partial charge in [0.15, 0.2) is 0 Å². The van der Waals surface area contributed by atoms with Crippen LogP contribution in [0.5, 0.6) is 0 Å². The minimum absolute atomic E-state index is 0.204. The van der Waals surface area contributed by atoms with E-state index in [4.69, 9.17) is 16.0 Å². The Morgan fingerprint density at radius 1 is 1.25 bits per heavy atom. The molecule has 16 heavy (non-hydrogen) atoms. The molecule has 0 spiro atoms. The number of nitrogens with zero attached hydrogens (tertiary/aromatic N) is 1. The van der Waals surface area contributed by atoms with Gasteiger partial charge in [-0.15, -0.1) is 0 Å². The summed E-state index contributed by atoms with van der Waals surface area (Å²) in [5, 5.41) is 0.705. The van der Waals surface area contributed by atoms with E-state index in [2.05, 4.69) is 20.9 Å². The quantitative estimate of drug-likeness (QED) is 0.756. The minimum atomic E-state index is -0.204. The van der Waals surface area contributed by atoms with Crippen LogP contribution in [0.15, 0.2) is 34.9 Å². The number of rotatable bonds is 2. The van der Waals surface area contributed by atoms with Gasteiger partial charge in [0.1, 0.15) is 5.76 Å². The Morgan fingerprint density at radius 2 is 1.88 bits per heavy atom. The lowest BCUT2D eigenvalue weighted by atomic mass is 10.2. The molecule has 2 nitrogen and oxygen atoms in total. The minimum Gasteiger partial charge on any atom is -0.440 e. The third-order valence-corrected chi connectivity index (χ3v) is 2.83. The van der Waals surface area contributed by atoms with Gasteiger partial charge in [-0.2, -0.15) is 0 Å². The molecular formula is C12H11BrClNO. The predicted octanol–water partition coefficient (Wildman–Crippen LogP) is 4.63. The van der Waals surface area contributed by atoms with Crippen LogP contribution in [-0.4, -0.2) is 4.98 Å². The maximum Gasteiger partial charge on any atom is 0.226 e. The molecule has 0 aliphatic rings. The molecule has 0 radical (unpaired) electrons. The summed E-state index contributed by atoms with van der Waals surface area (Å²) in [6.07, 6.45) is 1.73. The first-order valence-electron chi connectivity index (χ1n) is 4.88. The lowest BCUT2D eigenvalue weighted by Crippen LogP contribution is -2.04. The first kappa shape index (κ1) is 11.7. The molecular weight excluding hydrogens is 289 g/mol. The first-order chi connectivity index (χ1) is 7.47. The monoisotopic (exact) mass is 299 g/mol. The van der Waals surface area contributed by atoms with Crippen LogP contribution in [0, 0.1) is 0 Å². The third-order valence-electron chi connectivity index (χ3n) is 2.18. The molecule has 0 unspecified atom stereocenters. The van der Waals surface area contributed by atoms with Crippen molar-refractivity contribution in [2.45, 2.75) is 18.2 Å². The molecule has 4 heteroatoms. The second kappa shape index (κ2) is 4.22. The standard InChI is InChI=1S/C12H11BrClNO/c1-12(2,13)10-7-15-11(16-10)8-3-5-9(14)6-4-8/h3-7H,1-2H3. The molecule has 0 aliphatic carbocycles. The van der Waals surface area contributed by atoms with Gasteiger partial charge < -0.3 is 4.42 Å². The average molecular weight is 301 g/mol. The fourth-order valence-corrected chi connectivity index (χ4v) is 1.58. The molecule has 2 aromatic rings. The van der Waals surface area contributed by atoms with E-state index in [1.807, 2.05) is 38.1 Å². The molecule has 1 aromatic heterocycles. The molecule has 2 rings (SSSR count). The highest BCUT2D eigenvalue weighted by atomic mass is 79.9. The Morgan fingerprint density at radius 3 is 2.38 bits per heavy atom. The lowest BCUT2D eigenvalue weighted by Gasteiger charge is -2.10. The van der Waals surface area contributed by atoms with Gasteiger partial charge in [0, 0.05) is 10.6 Å². The summed E-state index contributed by atoms with van der Waals surface area (Å²) in [5.41, 5.74) is 0.924.